The minimum Gasteiger partial charge on any atom is -0.360 e. The molecule has 0 saturated carbocycles. The summed E-state index contributed by atoms with van der Waals surface area (Å²) in [6.07, 6.45) is 1.03. The van der Waals surface area contributed by atoms with Gasteiger partial charge in [-0.05, 0) is 24.2 Å². The van der Waals surface area contributed by atoms with Crippen molar-refractivity contribution in [2.45, 2.75) is 18.9 Å². The van der Waals surface area contributed by atoms with Gasteiger partial charge in [0, 0.05) is 6.54 Å². The molecule has 1 atom stereocenters. The number of rotatable bonds is 2. The first-order chi connectivity index (χ1) is 6.77. The second-order valence-corrected chi connectivity index (χ2v) is 4.02. The van der Waals surface area contributed by atoms with Crippen LogP contribution in [0.1, 0.15) is 18.9 Å². The molecule has 1 aromatic rings. The van der Waals surface area contributed by atoms with Crippen LogP contribution in [-0.4, -0.2) is 11.7 Å². The third-order valence-corrected chi connectivity index (χ3v) is 3.08. The number of benzene rings is 1. The molecule has 2 nitrogen and oxygen atoms in total. The van der Waals surface area contributed by atoms with Gasteiger partial charge in [0.05, 0.1) is 5.54 Å². The summed E-state index contributed by atoms with van der Waals surface area (Å²) in [5.41, 5.74) is 1.30. The zero-order valence-corrected chi connectivity index (χ0v) is 9.03. The van der Waals surface area contributed by atoms with Crippen LogP contribution >= 0.6 is 12.2 Å². The van der Waals surface area contributed by atoms with Crippen molar-refractivity contribution in [1.29, 1.82) is 0 Å². The van der Waals surface area contributed by atoms with Crippen LogP contribution in [0.3, 0.4) is 0 Å². The Labute approximate surface area is 89.7 Å². The number of hydrogen-bond donors (Lipinski definition) is 2. The molecule has 14 heavy (non-hydrogen) atoms. The summed E-state index contributed by atoms with van der Waals surface area (Å²) in [6.45, 7) is 3.06. The highest BCUT2D eigenvalue weighted by molar-refractivity contribution is 7.80. The van der Waals surface area contributed by atoms with Gasteiger partial charge in [-0.3, -0.25) is 0 Å². The summed E-state index contributed by atoms with van der Waals surface area (Å²) in [5, 5.41) is 7.29. The van der Waals surface area contributed by atoms with Crippen molar-refractivity contribution in [3.8, 4) is 0 Å². The lowest BCUT2D eigenvalue weighted by molar-refractivity contribution is 0.417. The first-order valence-electron chi connectivity index (χ1n) is 4.88. The van der Waals surface area contributed by atoms with Crippen LogP contribution in [0, 0.1) is 0 Å². The Balaban J connectivity index is 2.34. The first-order valence-corrected chi connectivity index (χ1v) is 5.29. The van der Waals surface area contributed by atoms with E-state index in [4.69, 9.17) is 12.2 Å². The molecule has 3 heteroatoms. The van der Waals surface area contributed by atoms with E-state index >= 15 is 0 Å². The normalized spacial score (nSPS) is 25.6. The smallest absolute Gasteiger partial charge is 0.167 e. The molecule has 0 unspecified atom stereocenters. The summed E-state index contributed by atoms with van der Waals surface area (Å²) in [5.74, 6) is 0. The van der Waals surface area contributed by atoms with Crippen LogP contribution in [0.15, 0.2) is 30.3 Å². The van der Waals surface area contributed by atoms with Gasteiger partial charge < -0.3 is 10.6 Å². The average molecular weight is 206 g/mol. The molecule has 74 valence electrons. The van der Waals surface area contributed by atoms with Crippen molar-refractivity contribution in [2.75, 3.05) is 6.54 Å². The van der Waals surface area contributed by atoms with Crippen LogP contribution in [-0.2, 0) is 5.54 Å². The maximum Gasteiger partial charge on any atom is 0.167 e. The van der Waals surface area contributed by atoms with E-state index in [2.05, 4.69) is 41.8 Å². The molecule has 2 N–H and O–H groups in total. The molecule has 0 bridgehead atoms. The molecule has 2 rings (SSSR count). The Morgan fingerprint density at radius 2 is 2.07 bits per heavy atom. The van der Waals surface area contributed by atoms with E-state index in [0.29, 0.717) is 0 Å². The highest BCUT2D eigenvalue weighted by Gasteiger charge is 2.35. The van der Waals surface area contributed by atoms with Crippen molar-refractivity contribution in [1.82, 2.24) is 10.6 Å². The lowest BCUT2D eigenvalue weighted by Gasteiger charge is -2.27. The molecular formula is C11H14N2S. The Hall–Kier alpha value is -1.09. The fourth-order valence-corrected chi connectivity index (χ4v) is 2.15. The van der Waals surface area contributed by atoms with E-state index in [1.165, 1.54) is 5.56 Å². The SMILES string of the molecule is CC[C@]1(c2ccccc2)CNC(=S)N1. The molecule has 0 amide bonds. The molecule has 1 fully saturated rings. The fraction of sp³-hybridized carbons (Fsp3) is 0.364. The van der Waals surface area contributed by atoms with Gasteiger partial charge in [0.1, 0.15) is 0 Å². The Bertz CT molecular complexity index is 336. The maximum absolute atomic E-state index is 5.11. The molecule has 0 radical (unpaired) electrons. The topological polar surface area (TPSA) is 24.1 Å². The number of hydrogen-bond acceptors (Lipinski definition) is 1. The molecule has 1 saturated heterocycles. The lowest BCUT2D eigenvalue weighted by atomic mass is 9.88. The zero-order valence-electron chi connectivity index (χ0n) is 8.21. The molecule has 0 spiro atoms. The van der Waals surface area contributed by atoms with Gasteiger partial charge >= 0.3 is 0 Å². The maximum atomic E-state index is 5.11. The minimum absolute atomic E-state index is 0.00164. The summed E-state index contributed by atoms with van der Waals surface area (Å²) in [4.78, 5) is 0. The van der Waals surface area contributed by atoms with E-state index in [-0.39, 0.29) is 5.54 Å². The molecule has 1 heterocycles. The third kappa shape index (κ3) is 1.48. The van der Waals surface area contributed by atoms with E-state index < -0.39 is 0 Å². The average Bonchev–Trinajstić information content (AvgIpc) is 2.63. The predicted octanol–water partition coefficient (Wildman–Crippen LogP) is 1.77. The largest absolute Gasteiger partial charge is 0.360 e. The minimum atomic E-state index is -0.00164. The van der Waals surface area contributed by atoms with Crippen molar-refractivity contribution in [3.63, 3.8) is 0 Å². The summed E-state index contributed by atoms with van der Waals surface area (Å²) >= 11 is 5.11. The van der Waals surface area contributed by atoms with Gasteiger partial charge in [-0.1, -0.05) is 37.3 Å². The Morgan fingerprint density at radius 3 is 2.57 bits per heavy atom. The Morgan fingerprint density at radius 1 is 1.36 bits per heavy atom. The van der Waals surface area contributed by atoms with E-state index in [1.54, 1.807) is 0 Å². The first kappa shape index (κ1) is 9.46. The van der Waals surface area contributed by atoms with Gasteiger partial charge in [0.25, 0.3) is 0 Å². The highest BCUT2D eigenvalue weighted by atomic mass is 32.1. The van der Waals surface area contributed by atoms with E-state index in [1.807, 2.05) is 6.07 Å². The fourth-order valence-electron chi connectivity index (χ4n) is 1.89. The monoisotopic (exact) mass is 206 g/mol. The highest BCUT2D eigenvalue weighted by Crippen LogP contribution is 2.26. The molecule has 1 aromatic carbocycles. The number of thiocarbonyl (C=S) groups is 1. The van der Waals surface area contributed by atoms with Gasteiger partial charge in [-0.15, -0.1) is 0 Å². The van der Waals surface area contributed by atoms with Crippen LogP contribution in [0.5, 0.6) is 0 Å². The van der Waals surface area contributed by atoms with Crippen LogP contribution in [0.4, 0.5) is 0 Å². The second kappa shape index (κ2) is 3.58. The van der Waals surface area contributed by atoms with Gasteiger partial charge in [-0.2, -0.15) is 0 Å². The van der Waals surface area contributed by atoms with Crippen LogP contribution in [0.25, 0.3) is 0 Å². The van der Waals surface area contributed by atoms with Crippen molar-refractivity contribution in [3.05, 3.63) is 35.9 Å². The number of nitrogens with one attached hydrogen (secondary N) is 2. The summed E-state index contributed by atoms with van der Waals surface area (Å²) in [6, 6.07) is 10.5. The van der Waals surface area contributed by atoms with Gasteiger partial charge in [-0.25, -0.2) is 0 Å². The van der Waals surface area contributed by atoms with Crippen LogP contribution in [0.2, 0.25) is 0 Å². The van der Waals surface area contributed by atoms with Crippen molar-refractivity contribution >= 4 is 17.3 Å². The standard InChI is InChI=1S/C11H14N2S/c1-2-11(8-12-10(14)13-11)9-6-4-3-5-7-9/h3-7H,2,8H2,1H3,(H2,12,13,14)/t11-/m1/s1. The molecule has 0 aromatic heterocycles. The quantitative estimate of drug-likeness (QED) is 0.721. The van der Waals surface area contributed by atoms with E-state index in [0.717, 1.165) is 18.1 Å². The van der Waals surface area contributed by atoms with Gasteiger partial charge in [0.15, 0.2) is 5.11 Å². The zero-order chi connectivity index (χ0) is 10.0. The predicted molar refractivity (Wildman–Crippen MR) is 62.1 cm³/mol. The van der Waals surface area contributed by atoms with E-state index in [9.17, 15) is 0 Å². The Kier molecular flexibility index (Phi) is 2.42. The third-order valence-electron chi connectivity index (χ3n) is 2.83. The molecule has 1 aliphatic rings. The molecular weight excluding hydrogens is 192 g/mol. The van der Waals surface area contributed by atoms with Gasteiger partial charge in [0.2, 0.25) is 0 Å². The summed E-state index contributed by atoms with van der Waals surface area (Å²) < 4.78 is 0. The second-order valence-electron chi connectivity index (χ2n) is 3.61. The lowest BCUT2D eigenvalue weighted by Crippen LogP contribution is -2.39. The van der Waals surface area contributed by atoms with Crippen molar-refractivity contribution in [2.24, 2.45) is 0 Å². The van der Waals surface area contributed by atoms with Crippen LogP contribution < -0.4 is 10.6 Å². The molecule has 1 aliphatic heterocycles. The molecule has 0 aliphatic carbocycles. The summed E-state index contributed by atoms with van der Waals surface area (Å²) in [7, 11) is 0. The van der Waals surface area contributed by atoms with Crippen molar-refractivity contribution < 1.29 is 0 Å².